The number of fused-ring (bicyclic) bond motifs is 1. The topological polar surface area (TPSA) is 12.9 Å². The average molecular weight is 286 g/mol. The SMILES string of the molecule is Cc1cc(-c2nc3ccccc3c(C)c2Cl)ccc1F. The van der Waals surface area contributed by atoms with Crippen LogP contribution in [0.15, 0.2) is 42.5 Å². The van der Waals surface area contributed by atoms with Gasteiger partial charge in [-0.05, 0) is 49.2 Å². The van der Waals surface area contributed by atoms with Gasteiger partial charge < -0.3 is 0 Å². The number of aromatic nitrogens is 1. The van der Waals surface area contributed by atoms with Crippen LogP contribution in [0.1, 0.15) is 11.1 Å². The fourth-order valence-corrected chi connectivity index (χ4v) is 2.59. The minimum Gasteiger partial charge on any atom is -0.246 e. The molecule has 3 heteroatoms. The molecule has 2 aromatic carbocycles. The molecule has 0 spiro atoms. The Morgan fingerprint density at radius 1 is 1.05 bits per heavy atom. The summed E-state index contributed by atoms with van der Waals surface area (Å²) in [6.45, 7) is 3.72. The molecule has 3 aromatic rings. The van der Waals surface area contributed by atoms with E-state index in [-0.39, 0.29) is 5.82 Å². The second-order valence-corrected chi connectivity index (χ2v) is 5.26. The molecule has 0 bridgehead atoms. The standard InChI is InChI=1S/C17H13ClFN/c1-10-9-12(7-8-14(10)19)17-16(18)11(2)13-5-3-4-6-15(13)20-17/h3-9H,1-2H3. The molecule has 0 aliphatic heterocycles. The van der Waals surface area contributed by atoms with Crippen molar-refractivity contribution in [2.75, 3.05) is 0 Å². The molecule has 1 heterocycles. The number of halogens is 2. The summed E-state index contributed by atoms with van der Waals surface area (Å²) in [6.07, 6.45) is 0. The van der Waals surface area contributed by atoms with Gasteiger partial charge in [-0.25, -0.2) is 9.37 Å². The molecule has 1 aromatic heterocycles. The van der Waals surface area contributed by atoms with Crippen molar-refractivity contribution in [1.29, 1.82) is 0 Å². The first-order chi connectivity index (χ1) is 9.58. The summed E-state index contributed by atoms with van der Waals surface area (Å²) in [6, 6.07) is 12.8. The molecule has 0 unspecified atom stereocenters. The molecule has 1 nitrogen and oxygen atoms in total. The largest absolute Gasteiger partial charge is 0.246 e. The van der Waals surface area contributed by atoms with Gasteiger partial charge in [0, 0.05) is 10.9 Å². The highest BCUT2D eigenvalue weighted by Crippen LogP contribution is 2.33. The zero-order chi connectivity index (χ0) is 14.3. The number of hydrogen-bond donors (Lipinski definition) is 0. The summed E-state index contributed by atoms with van der Waals surface area (Å²) in [7, 11) is 0. The van der Waals surface area contributed by atoms with Crippen molar-refractivity contribution < 1.29 is 4.39 Å². The smallest absolute Gasteiger partial charge is 0.126 e. The molecular formula is C17H13ClFN. The Balaban J connectivity index is 2.30. The van der Waals surface area contributed by atoms with Crippen molar-refractivity contribution in [3.8, 4) is 11.3 Å². The summed E-state index contributed by atoms with van der Waals surface area (Å²) in [4.78, 5) is 4.62. The van der Waals surface area contributed by atoms with Crippen LogP contribution >= 0.6 is 11.6 Å². The van der Waals surface area contributed by atoms with Crippen molar-refractivity contribution in [1.82, 2.24) is 4.98 Å². The molecule has 0 amide bonds. The van der Waals surface area contributed by atoms with Crippen LogP contribution < -0.4 is 0 Å². The zero-order valence-electron chi connectivity index (χ0n) is 11.2. The van der Waals surface area contributed by atoms with Gasteiger partial charge in [-0.3, -0.25) is 0 Å². The molecule has 0 aliphatic carbocycles. The lowest BCUT2D eigenvalue weighted by molar-refractivity contribution is 0.619. The Kier molecular flexibility index (Phi) is 3.19. The number of para-hydroxylation sites is 1. The number of pyridine rings is 1. The first-order valence-corrected chi connectivity index (χ1v) is 6.77. The predicted molar refractivity (Wildman–Crippen MR) is 81.6 cm³/mol. The molecule has 100 valence electrons. The highest BCUT2D eigenvalue weighted by molar-refractivity contribution is 6.34. The Labute approximate surface area is 122 Å². The van der Waals surface area contributed by atoms with Crippen molar-refractivity contribution in [2.24, 2.45) is 0 Å². The molecule has 0 saturated heterocycles. The van der Waals surface area contributed by atoms with Gasteiger partial charge in [0.25, 0.3) is 0 Å². The number of hydrogen-bond acceptors (Lipinski definition) is 1. The van der Waals surface area contributed by atoms with Crippen LogP contribution in [0.3, 0.4) is 0 Å². The third kappa shape index (κ3) is 2.06. The highest BCUT2D eigenvalue weighted by atomic mass is 35.5. The Morgan fingerprint density at radius 3 is 2.55 bits per heavy atom. The van der Waals surface area contributed by atoms with Gasteiger partial charge in [-0.15, -0.1) is 0 Å². The quantitative estimate of drug-likeness (QED) is 0.590. The van der Waals surface area contributed by atoms with Crippen LogP contribution in [0.2, 0.25) is 5.02 Å². The lowest BCUT2D eigenvalue weighted by Crippen LogP contribution is -1.93. The number of nitrogens with zero attached hydrogens (tertiary/aromatic N) is 1. The van der Waals surface area contributed by atoms with E-state index in [4.69, 9.17) is 11.6 Å². The minimum atomic E-state index is -0.220. The molecular weight excluding hydrogens is 273 g/mol. The molecule has 20 heavy (non-hydrogen) atoms. The second kappa shape index (κ2) is 4.88. The van der Waals surface area contributed by atoms with E-state index in [2.05, 4.69) is 4.98 Å². The lowest BCUT2D eigenvalue weighted by atomic mass is 10.0. The third-order valence-electron chi connectivity index (χ3n) is 3.51. The fourth-order valence-electron chi connectivity index (χ4n) is 2.34. The van der Waals surface area contributed by atoms with Crippen LogP contribution in [0.4, 0.5) is 4.39 Å². The van der Waals surface area contributed by atoms with Gasteiger partial charge >= 0.3 is 0 Å². The summed E-state index contributed by atoms with van der Waals surface area (Å²) < 4.78 is 13.4. The Morgan fingerprint density at radius 2 is 1.80 bits per heavy atom. The molecule has 0 N–H and O–H groups in total. The van der Waals surface area contributed by atoms with Crippen molar-refractivity contribution in [3.05, 3.63) is 64.4 Å². The fraction of sp³-hybridized carbons (Fsp3) is 0.118. The van der Waals surface area contributed by atoms with E-state index >= 15 is 0 Å². The normalized spacial score (nSPS) is 11.0. The zero-order valence-corrected chi connectivity index (χ0v) is 12.0. The van der Waals surface area contributed by atoms with E-state index in [0.29, 0.717) is 16.3 Å². The average Bonchev–Trinajstić information content (AvgIpc) is 2.46. The summed E-state index contributed by atoms with van der Waals surface area (Å²) >= 11 is 6.44. The van der Waals surface area contributed by atoms with Crippen molar-refractivity contribution in [2.45, 2.75) is 13.8 Å². The highest BCUT2D eigenvalue weighted by Gasteiger charge is 2.12. The maximum atomic E-state index is 13.4. The van der Waals surface area contributed by atoms with E-state index in [1.807, 2.05) is 31.2 Å². The molecule has 0 aliphatic rings. The van der Waals surface area contributed by atoms with Crippen LogP contribution in [-0.2, 0) is 0 Å². The minimum absolute atomic E-state index is 0.220. The van der Waals surface area contributed by atoms with E-state index in [1.54, 1.807) is 19.1 Å². The van der Waals surface area contributed by atoms with E-state index in [1.165, 1.54) is 6.07 Å². The maximum Gasteiger partial charge on any atom is 0.126 e. The van der Waals surface area contributed by atoms with Crippen LogP contribution in [0.5, 0.6) is 0 Å². The van der Waals surface area contributed by atoms with Gasteiger partial charge in [0.15, 0.2) is 0 Å². The van der Waals surface area contributed by atoms with E-state index in [9.17, 15) is 4.39 Å². The summed E-state index contributed by atoms with van der Waals surface area (Å²) in [5.74, 6) is -0.220. The van der Waals surface area contributed by atoms with Crippen LogP contribution in [0, 0.1) is 19.7 Å². The van der Waals surface area contributed by atoms with E-state index < -0.39 is 0 Å². The van der Waals surface area contributed by atoms with Crippen molar-refractivity contribution >= 4 is 22.5 Å². The van der Waals surface area contributed by atoms with Gasteiger partial charge in [-0.1, -0.05) is 29.8 Å². The molecule has 3 rings (SSSR count). The molecule has 0 radical (unpaired) electrons. The number of rotatable bonds is 1. The second-order valence-electron chi connectivity index (χ2n) is 4.88. The molecule has 0 fully saturated rings. The van der Waals surface area contributed by atoms with Gasteiger partial charge in [0.2, 0.25) is 0 Å². The predicted octanol–water partition coefficient (Wildman–Crippen LogP) is 5.31. The van der Waals surface area contributed by atoms with Crippen molar-refractivity contribution in [3.63, 3.8) is 0 Å². The Bertz CT molecular complexity index is 811. The van der Waals surface area contributed by atoms with Gasteiger partial charge in [-0.2, -0.15) is 0 Å². The summed E-state index contributed by atoms with van der Waals surface area (Å²) in [5, 5.41) is 1.66. The lowest BCUT2D eigenvalue weighted by Gasteiger charge is -2.11. The Hall–Kier alpha value is -1.93. The third-order valence-corrected chi connectivity index (χ3v) is 3.97. The summed E-state index contributed by atoms with van der Waals surface area (Å²) in [5.41, 5.74) is 4.01. The monoisotopic (exact) mass is 285 g/mol. The maximum absolute atomic E-state index is 13.4. The van der Waals surface area contributed by atoms with Crippen LogP contribution in [0.25, 0.3) is 22.2 Å². The first kappa shape index (κ1) is 13.1. The van der Waals surface area contributed by atoms with E-state index in [0.717, 1.165) is 22.0 Å². The van der Waals surface area contributed by atoms with Gasteiger partial charge in [0.05, 0.1) is 16.2 Å². The first-order valence-electron chi connectivity index (χ1n) is 6.39. The number of aryl methyl sites for hydroxylation is 2. The van der Waals surface area contributed by atoms with Crippen LogP contribution in [-0.4, -0.2) is 4.98 Å². The number of benzene rings is 2. The van der Waals surface area contributed by atoms with Gasteiger partial charge in [0.1, 0.15) is 5.82 Å². The molecule has 0 atom stereocenters. The molecule has 0 saturated carbocycles.